The zero-order valence-corrected chi connectivity index (χ0v) is 15.1. The fourth-order valence-electron chi connectivity index (χ4n) is 3.05. The molecule has 132 valence electrons. The first kappa shape index (κ1) is 16.8. The number of nitrogens with one attached hydrogen (secondary N) is 1. The summed E-state index contributed by atoms with van der Waals surface area (Å²) >= 11 is 5.99. The maximum atomic E-state index is 12.8. The monoisotopic (exact) mass is 366 g/mol. The number of nitrogens with zero attached hydrogens (tertiary/aromatic N) is 3. The molecule has 1 heterocycles. The summed E-state index contributed by atoms with van der Waals surface area (Å²) in [4.78, 5) is 14.3. The van der Waals surface area contributed by atoms with Crippen molar-refractivity contribution in [3.05, 3.63) is 76.6 Å². The minimum absolute atomic E-state index is 0.0268. The van der Waals surface area contributed by atoms with Crippen LogP contribution in [0, 0.1) is 12.8 Å². The molecule has 0 spiro atoms. The van der Waals surface area contributed by atoms with E-state index in [9.17, 15) is 4.79 Å². The van der Waals surface area contributed by atoms with Crippen molar-refractivity contribution in [2.24, 2.45) is 5.92 Å². The Morgan fingerprint density at radius 1 is 1.12 bits per heavy atom. The number of amides is 1. The summed E-state index contributed by atoms with van der Waals surface area (Å²) in [6.45, 7) is 1.80. The fourth-order valence-corrected chi connectivity index (χ4v) is 3.17. The summed E-state index contributed by atoms with van der Waals surface area (Å²) in [5.74, 6) is 0.265. The van der Waals surface area contributed by atoms with Gasteiger partial charge in [-0.3, -0.25) is 4.79 Å². The summed E-state index contributed by atoms with van der Waals surface area (Å²) < 4.78 is 0. The number of aryl methyl sites for hydroxylation is 1. The topological polar surface area (TPSA) is 59.8 Å². The Labute approximate surface area is 157 Å². The van der Waals surface area contributed by atoms with E-state index in [1.807, 2.05) is 54.6 Å². The number of halogens is 1. The molecule has 2 aromatic carbocycles. The maximum absolute atomic E-state index is 12.8. The van der Waals surface area contributed by atoms with Crippen LogP contribution in [0.15, 0.2) is 54.6 Å². The first-order valence-electron chi connectivity index (χ1n) is 8.67. The van der Waals surface area contributed by atoms with Gasteiger partial charge in [0.1, 0.15) is 0 Å². The molecule has 1 aliphatic carbocycles. The highest BCUT2D eigenvalue weighted by molar-refractivity contribution is 6.30. The van der Waals surface area contributed by atoms with Crippen molar-refractivity contribution in [2.75, 3.05) is 0 Å². The Bertz CT molecular complexity index is 917. The van der Waals surface area contributed by atoms with E-state index >= 15 is 0 Å². The summed E-state index contributed by atoms with van der Waals surface area (Å²) in [6.07, 6.45) is 2.23. The molecule has 1 aliphatic rings. The van der Waals surface area contributed by atoms with Gasteiger partial charge in [-0.15, -0.1) is 5.10 Å². The van der Waals surface area contributed by atoms with Gasteiger partial charge in [-0.05, 0) is 55.5 Å². The Balaban J connectivity index is 1.57. The molecular weight excluding hydrogens is 348 g/mol. The highest BCUT2D eigenvalue weighted by atomic mass is 35.5. The largest absolute Gasteiger partial charge is 0.343 e. The minimum atomic E-state index is -0.198. The number of carbonyl (C=O) groups excluding carboxylic acids is 1. The van der Waals surface area contributed by atoms with E-state index in [2.05, 4.69) is 15.5 Å². The highest BCUT2D eigenvalue weighted by Gasteiger charge is 2.34. The zero-order valence-electron chi connectivity index (χ0n) is 14.4. The fraction of sp³-hybridized carbons (Fsp3) is 0.250. The van der Waals surface area contributed by atoms with Gasteiger partial charge in [0.15, 0.2) is 5.69 Å². The molecule has 3 aromatic rings. The molecule has 1 saturated carbocycles. The van der Waals surface area contributed by atoms with Crippen molar-refractivity contribution in [3.63, 3.8) is 0 Å². The minimum Gasteiger partial charge on any atom is -0.343 e. The van der Waals surface area contributed by atoms with Crippen LogP contribution in [-0.2, 0) is 0 Å². The normalized spacial score (nSPS) is 14.8. The lowest BCUT2D eigenvalue weighted by molar-refractivity contribution is 0.0925. The number of benzene rings is 2. The van der Waals surface area contributed by atoms with Crippen LogP contribution in [0.5, 0.6) is 0 Å². The van der Waals surface area contributed by atoms with E-state index < -0.39 is 0 Å². The second-order valence-corrected chi connectivity index (χ2v) is 7.04. The first-order valence-corrected chi connectivity index (χ1v) is 9.05. The summed E-state index contributed by atoms with van der Waals surface area (Å²) in [5, 5.41) is 12.6. The summed E-state index contributed by atoms with van der Waals surface area (Å²) in [6, 6.07) is 17.2. The van der Waals surface area contributed by atoms with Crippen LogP contribution in [0.4, 0.5) is 0 Å². The number of hydrogen-bond acceptors (Lipinski definition) is 3. The van der Waals surface area contributed by atoms with Crippen LogP contribution in [-0.4, -0.2) is 20.9 Å². The van der Waals surface area contributed by atoms with Crippen molar-refractivity contribution in [1.29, 1.82) is 0 Å². The number of carbonyl (C=O) groups is 1. The van der Waals surface area contributed by atoms with E-state index in [0.29, 0.717) is 22.3 Å². The lowest BCUT2D eigenvalue weighted by Gasteiger charge is -2.18. The van der Waals surface area contributed by atoms with E-state index in [0.717, 1.165) is 24.1 Å². The molecule has 1 fully saturated rings. The molecule has 1 amide bonds. The molecule has 0 bridgehead atoms. The molecule has 6 heteroatoms. The van der Waals surface area contributed by atoms with Crippen LogP contribution < -0.4 is 5.32 Å². The number of rotatable bonds is 5. The lowest BCUT2D eigenvalue weighted by Crippen LogP contribution is -2.30. The molecule has 1 N–H and O–H groups in total. The number of hydrogen-bond donors (Lipinski definition) is 1. The molecule has 26 heavy (non-hydrogen) atoms. The van der Waals surface area contributed by atoms with Gasteiger partial charge in [-0.2, -0.15) is 9.90 Å². The third kappa shape index (κ3) is 3.48. The van der Waals surface area contributed by atoms with Crippen LogP contribution in [0.2, 0.25) is 5.02 Å². The molecule has 5 nitrogen and oxygen atoms in total. The van der Waals surface area contributed by atoms with Gasteiger partial charge in [-0.25, -0.2) is 0 Å². The zero-order chi connectivity index (χ0) is 18.1. The average molecular weight is 367 g/mol. The second-order valence-electron chi connectivity index (χ2n) is 6.60. The molecule has 1 aromatic heterocycles. The van der Waals surface area contributed by atoms with Crippen LogP contribution in [0.3, 0.4) is 0 Å². The standard InChI is InChI=1S/C20H19ClN4O/c1-13-18(24-25(23-13)17-5-3-2-4-6-17)20(26)22-19(14-7-8-14)15-9-11-16(21)12-10-15/h2-6,9-12,14,19H,7-8H2,1H3,(H,22,26). The number of para-hydroxylation sites is 1. The third-order valence-electron chi connectivity index (χ3n) is 4.59. The number of aromatic nitrogens is 3. The van der Waals surface area contributed by atoms with Gasteiger partial charge in [0.25, 0.3) is 5.91 Å². The van der Waals surface area contributed by atoms with E-state index in [4.69, 9.17) is 11.6 Å². The van der Waals surface area contributed by atoms with Crippen molar-refractivity contribution in [1.82, 2.24) is 20.3 Å². The lowest BCUT2D eigenvalue weighted by atomic mass is 10.0. The van der Waals surface area contributed by atoms with Crippen molar-refractivity contribution in [3.8, 4) is 5.69 Å². The van der Waals surface area contributed by atoms with Crippen molar-refractivity contribution in [2.45, 2.75) is 25.8 Å². The Kier molecular flexibility index (Phi) is 4.47. The van der Waals surface area contributed by atoms with Gasteiger partial charge < -0.3 is 5.32 Å². The third-order valence-corrected chi connectivity index (χ3v) is 4.85. The van der Waals surface area contributed by atoms with Crippen LogP contribution >= 0.6 is 11.6 Å². The van der Waals surface area contributed by atoms with Gasteiger partial charge in [-0.1, -0.05) is 41.9 Å². The predicted octanol–water partition coefficient (Wildman–Crippen LogP) is 4.11. The van der Waals surface area contributed by atoms with Gasteiger partial charge in [0, 0.05) is 5.02 Å². The molecule has 4 rings (SSSR count). The Morgan fingerprint density at radius 2 is 1.81 bits per heavy atom. The van der Waals surface area contributed by atoms with Crippen LogP contribution in [0.25, 0.3) is 5.69 Å². The smallest absolute Gasteiger partial charge is 0.274 e. The van der Waals surface area contributed by atoms with E-state index in [1.54, 1.807) is 6.92 Å². The van der Waals surface area contributed by atoms with E-state index in [1.165, 1.54) is 4.80 Å². The van der Waals surface area contributed by atoms with Crippen LogP contribution in [0.1, 0.15) is 40.6 Å². The SMILES string of the molecule is Cc1nn(-c2ccccc2)nc1C(=O)NC(c1ccc(Cl)cc1)C1CC1. The van der Waals surface area contributed by atoms with Gasteiger partial charge >= 0.3 is 0 Å². The van der Waals surface area contributed by atoms with Crippen molar-refractivity contribution < 1.29 is 4.79 Å². The second kappa shape index (κ2) is 6.92. The Hall–Kier alpha value is -2.66. The van der Waals surface area contributed by atoms with E-state index in [-0.39, 0.29) is 11.9 Å². The molecular formula is C20H19ClN4O. The summed E-state index contributed by atoms with van der Waals surface area (Å²) in [7, 11) is 0. The summed E-state index contributed by atoms with van der Waals surface area (Å²) in [5.41, 5.74) is 2.86. The van der Waals surface area contributed by atoms with Crippen molar-refractivity contribution >= 4 is 17.5 Å². The molecule has 0 radical (unpaired) electrons. The predicted molar refractivity (Wildman–Crippen MR) is 100 cm³/mol. The first-order chi connectivity index (χ1) is 12.6. The molecule has 1 unspecified atom stereocenters. The van der Waals surface area contributed by atoms with Gasteiger partial charge in [0.05, 0.1) is 17.4 Å². The molecule has 0 saturated heterocycles. The maximum Gasteiger partial charge on any atom is 0.274 e. The quantitative estimate of drug-likeness (QED) is 0.739. The average Bonchev–Trinajstić information content (AvgIpc) is 3.42. The molecule has 0 aliphatic heterocycles. The van der Waals surface area contributed by atoms with Gasteiger partial charge in [0.2, 0.25) is 0 Å². The molecule has 1 atom stereocenters. The highest BCUT2D eigenvalue weighted by Crippen LogP contribution is 2.41. The Morgan fingerprint density at radius 3 is 2.46 bits per heavy atom.